The molecule has 0 aliphatic heterocycles. The van der Waals surface area contributed by atoms with Gasteiger partial charge >= 0.3 is 0 Å². The Hall–Kier alpha value is -1.64. The highest BCUT2D eigenvalue weighted by molar-refractivity contribution is 5.50. The van der Waals surface area contributed by atoms with Gasteiger partial charge in [-0.05, 0) is 30.9 Å². The minimum absolute atomic E-state index is 0.430. The molecule has 0 saturated heterocycles. The first-order chi connectivity index (χ1) is 8.62. The predicted octanol–water partition coefficient (Wildman–Crippen LogP) is 3.60. The van der Waals surface area contributed by atoms with E-state index in [1.807, 2.05) is 25.1 Å². The minimum atomic E-state index is 0.430. The standard InChI is InChI=1S/C15H22O3/c1-6-7-11(2)10-18-15-9-13(16-4)12(3)8-14(15)17-5/h6,8-9,11H,1,7,10H2,2-5H3. The summed E-state index contributed by atoms with van der Waals surface area (Å²) in [5.74, 6) is 2.69. The van der Waals surface area contributed by atoms with E-state index in [0.717, 1.165) is 29.2 Å². The van der Waals surface area contributed by atoms with E-state index >= 15 is 0 Å². The molecule has 1 atom stereocenters. The molecule has 0 spiro atoms. The van der Waals surface area contributed by atoms with Crippen LogP contribution in [-0.2, 0) is 0 Å². The second-order valence-corrected chi connectivity index (χ2v) is 4.41. The fraction of sp³-hybridized carbons (Fsp3) is 0.467. The van der Waals surface area contributed by atoms with E-state index in [4.69, 9.17) is 14.2 Å². The fourth-order valence-electron chi connectivity index (χ4n) is 1.72. The van der Waals surface area contributed by atoms with Crippen molar-refractivity contribution in [2.45, 2.75) is 20.3 Å². The second-order valence-electron chi connectivity index (χ2n) is 4.41. The molecule has 0 saturated carbocycles. The molecule has 1 rings (SSSR count). The largest absolute Gasteiger partial charge is 0.496 e. The van der Waals surface area contributed by atoms with Gasteiger partial charge in [-0.1, -0.05) is 13.0 Å². The highest BCUT2D eigenvalue weighted by Crippen LogP contribution is 2.34. The second kappa shape index (κ2) is 6.94. The fourth-order valence-corrected chi connectivity index (χ4v) is 1.72. The Morgan fingerprint density at radius 3 is 2.39 bits per heavy atom. The number of aryl methyl sites for hydroxylation is 1. The molecule has 3 heteroatoms. The zero-order chi connectivity index (χ0) is 13.5. The molecule has 0 amide bonds. The van der Waals surface area contributed by atoms with Crippen LogP contribution in [0.3, 0.4) is 0 Å². The van der Waals surface area contributed by atoms with E-state index < -0.39 is 0 Å². The van der Waals surface area contributed by atoms with Gasteiger partial charge in [0.25, 0.3) is 0 Å². The van der Waals surface area contributed by atoms with Gasteiger partial charge in [0.15, 0.2) is 11.5 Å². The molecule has 1 unspecified atom stereocenters. The topological polar surface area (TPSA) is 27.7 Å². The smallest absolute Gasteiger partial charge is 0.164 e. The number of methoxy groups -OCH3 is 2. The summed E-state index contributed by atoms with van der Waals surface area (Å²) < 4.78 is 16.4. The minimum Gasteiger partial charge on any atom is -0.496 e. The summed E-state index contributed by atoms with van der Waals surface area (Å²) in [6.45, 7) is 8.46. The first kappa shape index (κ1) is 14.4. The molecule has 0 bridgehead atoms. The van der Waals surface area contributed by atoms with Gasteiger partial charge in [-0.15, -0.1) is 6.58 Å². The van der Waals surface area contributed by atoms with Crippen LogP contribution in [0.5, 0.6) is 17.2 Å². The van der Waals surface area contributed by atoms with Crippen LogP contribution in [0.1, 0.15) is 18.9 Å². The quantitative estimate of drug-likeness (QED) is 0.692. The van der Waals surface area contributed by atoms with Crippen LogP contribution in [0, 0.1) is 12.8 Å². The van der Waals surface area contributed by atoms with Crippen molar-refractivity contribution in [2.24, 2.45) is 5.92 Å². The van der Waals surface area contributed by atoms with Crippen molar-refractivity contribution in [1.29, 1.82) is 0 Å². The van der Waals surface area contributed by atoms with E-state index in [1.165, 1.54) is 0 Å². The third kappa shape index (κ3) is 3.69. The van der Waals surface area contributed by atoms with Gasteiger partial charge < -0.3 is 14.2 Å². The van der Waals surface area contributed by atoms with Gasteiger partial charge in [0.1, 0.15) is 5.75 Å². The molecule has 1 aromatic carbocycles. The average molecular weight is 250 g/mol. The molecule has 0 N–H and O–H groups in total. The van der Waals surface area contributed by atoms with Crippen LogP contribution >= 0.6 is 0 Å². The van der Waals surface area contributed by atoms with Crippen LogP contribution in [0.2, 0.25) is 0 Å². The average Bonchev–Trinajstić information content (AvgIpc) is 2.37. The number of hydrogen-bond acceptors (Lipinski definition) is 3. The maximum atomic E-state index is 5.79. The van der Waals surface area contributed by atoms with Gasteiger partial charge in [0.2, 0.25) is 0 Å². The molecule has 1 aromatic rings. The zero-order valence-corrected chi connectivity index (χ0v) is 11.7. The molecule has 100 valence electrons. The highest BCUT2D eigenvalue weighted by Gasteiger charge is 2.11. The summed E-state index contributed by atoms with van der Waals surface area (Å²) in [7, 11) is 3.29. The van der Waals surface area contributed by atoms with Crippen molar-refractivity contribution < 1.29 is 14.2 Å². The summed E-state index contributed by atoms with van der Waals surface area (Å²) in [6, 6.07) is 3.79. The molecule has 18 heavy (non-hydrogen) atoms. The summed E-state index contributed by atoms with van der Waals surface area (Å²) in [5, 5.41) is 0. The van der Waals surface area contributed by atoms with Crippen LogP contribution < -0.4 is 14.2 Å². The van der Waals surface area contributed by atoms with Crippen molar-refractivity contribution in [3.63, 3.8) is 0 Å². The van der Waals surface area contributed by atoms with Gasteiger partial charge in [0.05, 0.1) is 20.8 Å². The van der Waals surface area contributed by atoms with E-state index in [2.05, 4.69) is 13.5 Å². The van der Waals surface area contributed by atoms with E-state index in [0.29, 0.717) is 12.5 Å². The Bertz CT molecular complexity index is 399. The van der Waals surface area contributed by atoms with Crippen LogP contribution in [-0.4, -0.2) is 20.8 Å². The van der Waals surface area contributed by atoms with Crippen LogP contribution in [0.15, 0.2) is 24.8 Å². The normalized spacial score (nSPS) is 11.8. The molecule has 0 fully saturated rings. The Morgan fingerprint density at radius 2 is 1.83 bits per heavy atom. The Kier molecular flexibility index (Phi) is 5.56. The SMILES string of the molecule is C=CCC(C)COc1cc(OC)c(C)cc1OC. The number of allylic oxidation sites excluding steroid dienone is 1. The molecule has 0 heterocycles. The van der Waals surface area contributed by atoms with Crippen molar-refractivity contribution in [3.8, 4) is 17.2 Å². The third-order valence-electron chi connectivity index (χ3n) is 2.77. The molecule has 0 aromatic heterocycles. The van der Waals surface area contributed by atoms with Gasteiger partial charge in [-0.2, -0.15) is 0 Å². The number of benzene rings is 1. The van der Waals surface area contributed by atoms with E-state index in [-0.39, 0.29) is 0 Å². The molecule has 0 radical (unpaired) electrons. The number of hydrogen-bond donors (Lipinski definition) is 0. The highest BCUT2D eigenvalue weighted by atomic mass is 16.5. The Morgan fingerprint density at radius 1 is 1.17 bits per heavy atom. The first-order valence-electron chi connectivity index (χ1n) is 6.08. The van der Waals surface area contributed by atoms with Crippen molar-refractivity contribution in [3.05, 3.63) is 30.4 Å². The lowest BCUT2D eigenvalue weighted by atomic mass is 10.1. The van der Waals surface area contributed by atoms with Gasteiger partial charge in [-0.25, -0.2) is 0 Å². The van der Waals surface area contributed by atoms with Crippen molar-refractivity contribution in [2.75, 3.05) is 20.8 Å². The monoisotopic (exact) mass is 250 g/mol. The van der Waals surface area contributed by atoms with Gasteiger partial charge in [-0.3, -0.25) is 0 Å². The molecular weight excluding hydrogens is 228 g/mol. The molecule has 0 aliphatic carbocycles. The summed E-state index contributed by atoms with van der Waals surface area (Å²) in [4.78, 5) is 0. The Labute approximate surface area is 109 Å². The zero-order valence-electron chi connectivity index (χ0n) is 11.7. The van der Waals surface area contributed by atoms with Crippen molar-refractivity contribution >= 4 is 0 Å². The predicted molar refractivity (Wildman–Crippen MR) is 73.8 cm³/mol. The van der Waals surface area contributed by atoms with Crippen molar-refractivity contribution in [1.82, 2.24) is 0 Å². The lowest BCUT2D eigenvalue weighted by molar-refractivity contribution is 0.247. The molecular formula is C15H22O3. The first-order valence-corrected chi connectivity index (χ1v) is 6.08. The Balaban J connectivity index is 2.82. The number of ether oxygens (including phenoxy) is 3. The molecule has 0 aliphatic rings. The maximum Gasteiger partial charge on any atom is 0.164 e. The maximum absolute atomic E-state index is 5.79. The summed E-state index contributed by atoms with van der Waals surface area (Å²) >= 11 is 0. The number of rotatable bonds is 7. The lowest BCUT2D eigenvalue weighted by Crippen LogP contribution is -2.08. The van der Waals surface area contributed by atoms with E-state index in [9.17, 15) is 0 Å². The summed E-state index contributed by atoms with van der Waals surface area (Å²) in [5.41, 5.74) is 1.03. The summed E-state index contributed by atoms with van der Waals surface area (Å²) in [6.07, 6.45) is 2.84. The molecule has 3 nitrogen and oxygen atoms in total. The van der Waals surface area contributed by atoms with E-state index in [1.54, 1.807) is 14.2 Å². The lowest BCUT2D eigenvalue weighted by Gasteiger charge is -2.16. The van der Waals surface area contributed by atoms with Crippen LogP contribution in [0.4, 0.5) is 0 Å². The van der Waals surface area contributed by atoms with Gasteiger partial charge in [0, 0.05) is 6.07 Å². The van der Waals surface area contributed by atoms with Crippen LogP contribution in [0.25, 0.3) is 0 Å². The third-order valence-corrected chi connectivity index (χ3v) is 2.77.